The molecule has 0 unspecified atom stereocenters. The van der Waals surface area contributed by atoms with Crippen LogP contribution in [-0.2, 0) is 6.42 Å². The maximum atomic E-state index is 12.9. The largest absolute Gasteiger partial charge is 0.368 e. The first-order chi connectivity index (χ1) is 7.63. The molecule has 0 spiro atoms. The average molecular weight is 222 g/mol. The summed E-state index contributed by atoms with van der Waals surface area (Å²) in [6.45, 7) is 0. The molecular weight excluding hydrogens is 214 g/mol. The summed E-state index contributed by atoms with van der Waals surface area (Å²) in [4.78, 5) is 11.3. The molecule has 0 aliphatic heterocycles. The Morgan fingerprint density at radius 2 is 1.75 bits per heavy atom. The van der Waals surface area contributed by atoms with Gasteiger partial charge in [0.25, 0.3) is 0 Å². The van der Waals surface area contributed by atoms with Crippen LogP contribution in [0.5, 0.6) is 0 Å². The highest BCUT2D eigenvalue weighted by molar-refractivity contribution is 5.22. The van der Waals surface area contributed by atoms with E-state index in [2.05, 4.69) is 15.0 Å². The molecule has 1 heterocycles. The van der Waals surface area contributed by atoms with Gasteiger partial charge in [-0.15, -0.1) is 0 Å². The minimum atomic E-state index is -0.628. The monoisotopic (exact) mass is 222 g/mol. The summed E-state index contributed by atoms with van der Waals surface area (Å²) in [6.07, 6.45) is 1.47. The number of hydrogen-bond donors (Lipinski definition) is 1. The van der Waals surface area contributed by atoms with Gasteiger partial charge in [0.1, 0.15) is 23.8 Å². The summed E-state index contributed by atoms with van der Waals surface area (Å²) in [5, 5.41) is 0. The Labute approximate surface area is 90.2 Å². The van der Waals surface area contributed by atoms with Crippen LogP contribution in [0.25, 0.3) is 0 Å². The topological polar surface area (TPSA) is 64.7 Å². The van der Waals surface area contributed by atoms with Crippen molar-refractivity contribution in [2.75, 3.05) is 5.73 Å². The van der Waals surface area contributed by atoms with Gasteiger partial charge in [-0.1, -0.05) is 0 Å². The molecule has 2 N–H and O–H groups in total. The zero-order valence-corrected chi connectivity index (χ0v) is 8.19. The summed E-state index contributed by atoms with van der Waals surface area (Å²) in [7, 11) is 0. The molecule has 0 radical (unpaired) electrons. The standard InChI is InChI=1S/C10H8F2N4/c11-7-1-6(2-8(12)4-7)3-9-14-5-15-10(13)16-9/h1-2,4-5H,3H2,(H2,13,14,15,16). The van der Waals surface area contributed by atoms with Crippen molar-refractivity contribution in [3.05, 3.63) is 47.5 Å². The van der Waals surface area contributed by atoms with E-state index in [-0.39, 0.29) is 12.4 Å². The van der Waals surface area contributed by atoms with E-state index in [4.69, 9.17) is 5.73 Å². The second-order valence-corrected chi connectivity index (χ2v) is 3.21. The smallest absolute Gasteiger partial charge is 0.223 e. The van der Waals surface area contributed by atoms with Crippen LogP contribution in [-0.4, -0.2) is 15.0 Å². The quantitative estimate of drug-likeness (QED) is 0.832. The number of rotatable bonds is 2. The van der Waals surface area contributed by atoms with Gasteiger partial charge in [0.05, 0.1) is 0 Å². The molecule has 0 saturated heterocycles. The predicted octanol–water partition coefficient (Wildman–Crippen LogP) is 1.32. The van der Waals surface area contributed by atoms with Crippen LogP contribution >= 0.6 is 0 Å². The van der Waals surface area contributed by atoms with E-state index < -0.39 is 11.6 Å². The van der Waals surface area contributed by atoms with Crippen molar-refractivity contribution in [2.45, 2.75) is 6.42 Å². The molecule has 0 fully saturated rings. The Bertz CT molecular complexity index is 496. The van der Waals surface area contributed by atoms with Gasteiger partial charge in [0, 0.05) is 12.5 Å². The second-order valence-electron chi connectivity index (χ2n) is 3.21. The van der Waals surface area contributed by atoms with E-state index in [0.717, 1.165) is 6.07 Å². The number of nitrogens with two attached hydrogens (primary N) is 1. The Hall–Kier alpha value is -2.11. The predicted molar refractivity (Wildman–Crippen MR) is 53.4 cm³/mol. The van der Waals surface area contributed by atoms with E-state index in [1.54, 1.807) is 0 Å². The van der Waals surface area contributed by atoms with Gasteiger partial charge in [0.15, 0.2) is 0 Å². The van der Waals surface area contributed by atoms with E-state index in [0.29, 0.717) is 11.4 Å². The maximum absolute atomic E-state index is 12.9. The molecule has 2 aromatic rings. The van der Waals surface area contributed by atoms with Crippen molar-refractivity contribution in [1.82, 2.24) is 15.0 Å². The van der Waals surface area contributed by atoms with E-state index >= 15 is 0 Å². The average Bonchev–Trinajstić information content (AvgIpc) is 2.15. The lowest BCUT2D eigenvalue weighted by Crippen LogP contribution is -2.02. The first-order valence-electron chi connectivity index (χ1n) is 4.52. The highest BCUT2D eigenvalue weighted by Crippen LogP contribution is 2.10. The molecule has 1 aromatic heterocycles. The van der Waals surface area contributed by atoms with Crippen LogP contribution in [0.3, 0.4) is 0 Å². The molecule has 0 aliphatic carbocycles. The summed E-state index contributed by atoms with van der Waals surface area (Å²) in [6, 6.07) is 3.26. The lowest BCUT2D eigenvalue weighted by Gasteiger charge is -2.01. The van der Waals surface area contributed by atoms with Gasteiger partial charge in [-0.2, -0.15) is 4.98 Å². The normalized spacial score (nSPS) is 10.4. The zero-order valence-electron chi connectivity index (χ0n) is 8.19. The van der Waals surface area contributed by atoms with Crippen LogP contribution in [0.15, 0.2) is 24.5 Å². The van der Waals surface area contributed by atoms with Crippen LogP contribution in [0.1, 0.15) is 11.4 Å². The van der Waals surface area contributed by atoms with Gasteiger partial charge in [-0.05, 0) is 17.7 Å². The van der Waals surface area contributed by atoms with Gasteiger partial charge in [-0.25, -0.2) is 18.7 Å². The lowest BCUT2D eigenvalue weighted by molar-refractivity contribution is 0.580. The fourth-order valence-electron chi connectivity index (χ4n) is 1.33. The molecule has 0 saturated carbocycles. The van der Waals surface area contributed by atoms with Crippen LogP contribution in [0.4, 0.5) is 14.7 Å². The van der Waals surface area contributed by atoms with Crippen LogP contribution < -0.4 is 5.73 Å². The molecule has 2 rings (SSSR count). The van der Waals surface area contributed by atoms with Crippen molar-refractivity contribution < 1.29 is 8.78 Å². The number of aromatic nitrogens is 3. The van der Waals surface area contributed by atoms with Crippen molar-refractivity contribution in [1.29, 1.82) is 0 Å². The molecule has 16 heavy (non-hydrogen) atoms. The number of nitrogen functional groups attached to an aromatic ring is 1. The Morgan fingerprint density at radius 1 is 1.06 bits per heavy atom. The number of anilines is 1. The summed E-state index contributed by atoms with van der Waals surface area (Å²) in [5.74, 6) is -0.798. The summed E-state index contributed by atoms with van der Waals surface area (Å²) >= 11 is 0. The molecule has 82 valence electrons. The van der Waals surface area contributed by atoms with E-state index in [1.807, 2.05) is 0 Å². The first kappa shape index (κ1) is 10.4. The molecule has 0 amide bonds. The van der Waals surface area contributed by atoms with E-state index in [9.17, 15) is 8.78 Å². The lowest BCUT2D eigenvalue weighted by atomic mass is 10.1. The van der Waals surface area contributed by atoms with Crippen molar-refractivity contribution in [3.63, 3.8) is 0 Å². The van der Waals surface area contributed by atoms with Gasteiger partial charge < -0.3 is 5.73 Å². The van der Waals surface area contributed by atoms with E-state index in [1.165, 1.54) is 18.5 Å². The minimum absolute atomic E-state index is 0.0851. The molecular formula is C10H8F2N4. The van der Waals surface area contributed by atoms with Crippen molar-refractivity contribution in [2.24, 2.45) is 0 Å². The third kappa shape index (κ3) is 2.47. The molecule has 0 bridgehead atoms. The van der Waals surface area contributed by atoms with Gasteiger partial charge in [0.2, 0.25) is 5.95 Å². The molecule has 4 nitrogen and oxygen atoms in total. The zero-order chi connectivity index (χ0) is 11.5. The number of benzene rings is 1. The summed E-state index contributed by atoms with van der Waals surface area (Å²) < 4.78 is 25.8. The van der Waals surface area contributed by atoms with Gasteiger partial charge >= 0.3 is 0 Å². The highest BCUT2D eigenvalue weighted by atomic mass is 19.1. The van der Waals surface area contributed by atoms with Crippen molar-refractivity contribution in [3.8, 4) is 0 Å². The molecule has 1 aromatic carbocycles. The number of halogens is 2. The first-order valence-corrected chi connectivity index (χ1v) is 4.52. The van der Waals surface area contributed by atoms with Crippen molar-refractivity contribution >= 4 is 5.95 Å². The van der Waals surface area contributed by atoms with Crippen LogP contribution in [0, 0.1) is 11.6 Å². The fraction of sp³-hybridized carbons (Fsp3) is 0.100. The fourth-order valence-corrected chi connectivity index (χ4v) is 1.33. The Kier molecular flexibility index (Phi) is 2.72. The Morgan fingerprint density at radius 3 is 2.38 bits per heavy atom. The molecule has 0 aliphatic rings. The number of nitrogens with zero attached hydrogens (tertiary/aromatic N) is 3. The third-order valence-electron chi connectivity index (χ3n) is 1.92. The maximum Gasteiger partial charge on any atom is 0.223 e. The Balaban J connectivity index is 2.27. The molecule has 6 heteroatoms. The SMILES string of the molecule is Nc1ncnc(Cc2cc(F)cc(F)c2)n1. The highest BCUT2D eigenvalue weighted by Gasteiger charge is 2.04. The van der Waals surface area contributed by atoms with Gasteiger partial charge in [-0.3, -0.25) is 0 Å². The third-order valence-corrected chi connectivity index (χ3v) is 1.92. The molecule has 0 atom stereocenters. The summed E-state index contributed by atoms with van der Waals surface area (Å²) in [5.41, 5.74) is 5.81. The second kappa shape index (κ2) is 4.18. The minimum Gasteiger partial charge on any atom is -0.368 e. The van der Waals surface area contributed by atoms with Crippen LogP contribution in [0.2, 0.25) is 0 Å². The number of hydrogen-bond acceptors (Lipinski definition) is 4.